The van der Waals surface area contributed by atoms with Crippen LogP contribution in [0.4, 0.5) is 17.6 Å². The predicted molar refractivity (Wildman–Crippen MR) is 120 cm³/mol. The first-order chi connectivity index (χ1) is 16.3. The number of likely N-dealkylation sites (tertiary alicyclic amines) is 1. The Bertz CT molecular complexity index is 1170. The molecule has 0 N–H and O–H groups in total. The van der Waals surface area contributed by atoms with E-state index in [4.69, 9.17) is 0 Å². The summed E-state index contributed by atoms with van der Waals surface area (Å²) in [5.74, 6) is 0.822. The van der Waals surface area contributed by atoms with E-state index in [1.165, 1.54) is 6.07 Å². The Morgan fingerprint density at radius 2 is 2.06 bits per heavy atom. The Morgan fingerprint density at radius 1 is 1.21 bits per heavy atom. The maximum atomic E-state index is 14.4. The molecule has 0 radical (unpaired) electrons. The topological polar surface area (TPSA) is 59.7 Å². The van der Waals surface area contributed by atoms with Gasteiger partial charge in [0.25, 0.3) is 0 Å². The van der Waals surface area contributed by atoms with Crippen LogP contribution in [0.25, 0.3) is 11.5 Å². The molecular weight excluding hydrogens is 468 g/mol. The largest absolute Gasteiger partial charge is 0.416 e. The SMILES string of the molecule is Cn1c(SCCCN2CC[C@]3(C[C@@H]3c3ccc(C(F)(F)F)cc3F)C2)nnc1-c1cnccn1. The molecule has 0 bridgehead atoms. The van der Waals surface area contributed by atoms with Crippen molar-refractivity contribution in [3.05, 3.63) is 53.7 Å². The highest BCUT2D eigenvalue weighted by atomic mass is 32.2. The van der Waals surface area contributed by atoms with Gasteiger partial charge in [-0.2, -0.15) is 13.2 Å². The van der Waals surface area contributed by atoms with E-state index in [-0.39, 0.29) is 11.3 Å². The van der Waals surface area contributed by atoms with Gasteiger partial charge >= 0.3 is 6.18 Å². The summed E-state index contributed by atoms with van der Waals surface area (Å²) in [4.78, 5) is 10.7. The lowest BCUT2D eigenvalue weighted by molar-refractivity contribution is -0.137. The molecular formula is C23H24F4N6S. The smallest absolute Gasteiger partial charge is 0.304 e. The van der Waals surface area contributed by atoms with E-state index >= 15 is 0 Å². The van der Waals surface area contributed by atoms with Gasteiger partial charge in [-0.25, -0.2) is 9.37 Å². The van der Waals surface area contributed by atoms with Crippen LogP contribution in [-0.2, 0) is 13.2 Å². The zero-order valence-electron chi connectivity index (χ0n) is 18.6. The summed E-state index contributed by atoms with van der Waals surface area (Å²) in [6, 6.07) is 2.96. The molecule has 1 saturated carbocycles. The summed E-state index contributed by atoms with van der Waals surface area (Å²) in [7, 11) is 1.91. The quantitative estimate of drug-likeness (QED) is 0.269. The first-order valence-electron chi connectivity index (χ1n) is 11.1. The van der Waals surface area contributed by atoms with Crippen molar-refractivity contribution in [3.63, 3.8) is 0 Å². The van der Waals surface area contributed by atoms with Crippen LogP contribution < -0.4 is 0 Å². The molecule has 1 aliphatic carbocycles. The van der Waals surface area contributed by atoms with E-state index in [1.807, 2.05) is 11.6 Å². The summed E-state index contributed by atoms with van der Waals surface area (Å²) < 4.78 is 54.8. The standard InChI is InChI=1S/C23H24F4N6S/c1-32-20(19-13-28-6-7-29-19)30-31-21(32)34-10-2-8-33-9-5-22(14-33)12-17(22)16-4-3-15(11-18(16)24)23(25,26)27/h3-4,6-7,11,13,17H,2,5,8-10,12,14H2,1H3/t17-,22+/m1/s1. The molecule has 11 heteroatoms. The van der Waals surface area contributed by atoms with Crippen LogP contribution in [0.3, 0.4) is 0 Å². The van der Waals surface area contributed by atoms with Gasteiger partial charge in [-0.1, -0.05) is 17.8 Å². The lowest BCUT2D eigenvalue weighted by atomic mass is 9.97. The van der Waals surface area contributed by atoms with Gasteiger partial charge in [0.2, 0.25) is 0 Å². The van der Waals surface area contributed by atoms with Gasteiger partial charge in [0.15, 0.2) is 11.0 Å². The Kier molecular flexibility index (Phi) is 6.09. The third-order valence-corrected chi connectivity index (χ3v) is 7.94. The van der Waals surface area contributed by atoms with Gasteiger partial charge in [-0.05, 0) is 61.4 Å². The van der Waals surface area contributed by atoms with Crippen LogP contribution in [0.5, 0.6) is 0 Å². The van der Waals surface area contributed by atoms with Crippen molar-refractivity contribution in [1.82, 2.24) is 29.6 Å². The molecule has 0 amide bonds. The van der Waals surface area contributed by atoms with Crippen molar-refractivity contribution in [2.75, 3.05) is 25.4 Å². The molecule has 180 valence electrons. The molecule has 2 fully saturated rings. The minimum absolute atomic E-state index is 0.00292. The van der Waals surface area contributed by atoms with Crippen LogP contribution in [0.1, 0.15) is 36.3 Å². The summed E-state index contributed by atoms with van der Waals surface area (Å²) in [5, 5.41) is 9.29. The fraction of sp³-hybridized carbons (Fsp3) is 0.478. The Hall–Kier alpha value is -2.53. The molecule has 1 spiro atoms. The number of alkyl halides is 3. The van der Waals surface area contributed by atoms with Crippen molar-refractivity contribution in [2.24, 2.45) is 12.5 Å². The molecule has 1 aliphatic heterocycles. The number of hydrogen-bond donors (Lipinski definition) is 0. The second-order valence-electron chi connectivity index (χ2n) is 9.04. The van der Waals surface area contributed by atoms with Gasteiger partial charge in [-0.15, -0.1) is 10.2 Å². The van der Waals surface area contributed by atoms with E-state index in [0.29, 0.717) is 23.1 Å². The molecule has 6 nitrogen and oxygen atoms in total. The highest BCUT2D eigenvalue weighted by Gasteiger charge is 2.58. The fourth-order valence-electron chi connectivity index (χ4n) is 4.93. The average molecular weight is 493 g/mol. The minimum Gasteiger partial charge on any atom is -0.304 e. The Balaban J connectivity index is 1.11. The highest BCUT2D eigenvalue weighted by molar-refractivity contribution is 7.99. The molecule has 3 aromatic rings. The molecule has 2 atom stereocenters. The number of halogens is 4. The molecule has 2 aromatic heterocycles. The van der Waals surface area contributed by atoms with Gasteiger partial charge in [0.1, 0.15) is 11.5 Å². The van der Waals surface area contributed by atoms with Crippen molar-refractivity contribution in [1.29, 1.82) is 0 Å². The highest BCUT2D eigenvalue weighted by Crippen LogP contribution is 2.64. The molecule has 0 unspecified atom stereocenters. The first-order valence-corrected chi connectivity index (χ1v) is 12.1. The van der Waals surface area contributed by atoms with E-state index in [2.05, 4.69) is 25.1 Å². The predicted octanol–water partition coefficient (Wildman–Crippen LogP) is 4.79. The van der Waals surface area contributed by atoms with Crippen LogP contribution in [0.2, 0.25) is 0 Å². The van der Waals surface area contributed by atoms with Gasteiger partial charge < -0.3 is 9.47 Å². The molecule has 5 rings (SSSR count). The Labute approximate surface area is 198 Å². The van der Waals surface area contributed by atoms with Crippen LogP contribution in [0.15, 0.2) is 41.9 Å². The number of aromatic nitrogens is 5. The molecule has 3 heterocycles. The minimum atomic E-state index is -4.52. The van der Waals surface area contributed by atoms with Crippen molar-refractivity contribution in [3.8, 4) is 11.5 Å². The molecule has 1 saturated heterocycles. The summed E-state index contributed by atoms with van der Waals surface area (Å²) in [5.41, 5.74) is 0.172. The van der Waals surface area contributed by atoms with Gasteiger partial charge in [0, 0.05) is 31.7 Å². The zero-order chi connectivity index (χ0) is 23.9. The number of thioether (sulfide) groups is 1. The summed E-state index contributed by atoms with van der Waals surface area (Å²) >= 11 is 1.64. The van der Waals surface area contributed by atoms with Gasteiger partial charge in [-0.3, -0.25) is 4.98 Å². The second-order valence-corrected chi connectivity index (χ2v) is 10.1. The zero-order valence-corrected chi connectivity index (χ0v) is 19.4. The first kappa shape index (κ1) is 23.2. The Morgan fingerprint density at radius 3 is 2.79 bits per heavy atom. The van der Waals surface area contributed by atoms with E-state index in [0.717, 1.165) is 55.9 Å². The third-order valence-electron chi connectivity index (χ3n) is 6.83. The van der Waals surface area contributed by atoms with Crippen molar-refractivity contribution >= 4 is 11.8 Å². The molecule has 1 aromatic carbocycles. The number of benzene rings is 1. The van der Waals surface area contributed by atoms with Crippen LogP contribution in [0, 0.1) is 11.2 Å². The number of nitrogens with zero attached hydrogens (tertiary/aromatic N) is 6. The van der Waals surface area contributed by atoms with E-state index in [1.54, 1.807) is 30.4 Å². The van der Waals surface area contributed by atoms with Crippen LogP contribution in [-0.4, -0.2) is 55.0 Å². The molecule has 2 aliphatic rings. The maximum absolute atomic E-state index is 14.4. The molecule has 34 heavy (non-hydrogen) atoms. The van der Waals surface area contributed by atoms with Crippen LogP contribution >= 0.6 is 11.8 Å². The van der Waals surface area contributed by atoms with Crippen molar-refractivity contribution < 1.29 is 17.6 Å². The van der Waals surface area contributed by atoms with Gasteiger partial charge in [0.05, 0.1) is 11.8 Å². The fourth-order valence-corrected chi connectivity index (χ4v) is 5.76. The average Bonchev–Trinajstić information content (AvgIpc) is 3.14. The monoisotopic (exact) mass is 492 g/mol. The summed E-state index contributed by atoms with van der Waals surface area (Å²) in [6.45, 7) is 2.72. The lowest BCUT2D eigenvalue weighted by Gasteiger charge is -2.16. The van der Waals surface area contributed by atoms with E-state index < -0.39 is 17.6 Å². The third kappa shape index (κ3) is 4.55. The van der Waals surface area contributed by atoms with Crippen molar-refractivity contribution in [2.45, 2.75) is 36.5 Å². The maximum Gasteiger partial charge on any atom is 0.416 e. The summed E-state index contributed by atoms with van der Waals surface area (Å²) in [6.07, 6.45) is 3.13. The lowest BCUT2D eigenvalue weighted by Crippen LogP contribution is -2.23. The second kappa shape index (κ2) is 8.92. The normalized spacial score (nSPS) is 22.6. The van der Waals surface area contributed by atoms with E-state index in [9.17, 15) is 17.6 Å². The number of hydrogen-bond acceptors (Lipinski definition) is 6. The number of rotatable bonds is 7.